The number of allylic oxidation sites excluding steroid dienone is 1. The number of hydrogen-bond acceptors (Lipinski definition) is 7. The Morgan fingerprint density at radius 3 is 2.55 bits per heavy atom. The molecule has 1 aromatic heterocycles. The van der Waals surface area contributed by atoms with Gasteiger partial charge in [-0.2, -0.15) is 0 Å². The molecule has 0 radical (unpaired) electrons. The Hall–Kier alpha value is -4.21. The predicted molar refractivity (Wildman–Crippen MR) is 160 cm³/mol. The van der Waals surface area contributed by atoms with Crippen molar-refractivity contribution in [3.05, 3.63) is 125 Å². The summed E-state index contributed by atoms with van der Waals surface area (Å²) in [5, 5.41) is 0.273. The number of hydrogen-bond donors (Lipinski definition) is 0. The third-order valence-corrected chi connectivity index (χ3v) is 7.97. The fraction of sp³-hybridized carbons (Fsp3) is 0.219. The molecule has 0 saturated heterocycles. The number of carbonyl (C=O) groups is 1. The van der Waals surface area contributed by atoms with Crippen LogP contribution in [0.15, 0.2) is 87.8 Å². The van der Waals surface area contributed by atoms with E-state index in [4.69, 9.17) is 25.8 Å². The first kappa shape index (κ1) is 29.3. The predicted octanol–water partition coefficient (Wildman–Crippen LogP) is 5.57. The smallest absolute Gasteiger partial charge is 0.338 e. The third kappa shape index (κ3) is 5.89. The van der Waals surface area contributed by atoms with Gasteiger partial charge in [-0.15, -0.1) is 0 Å². The zero-order chi connectivity index (χ0) is 29.8. The van der Waals surface area contributed by atoms with E-state index in [1.807, 2.05) is 37.3 Å². The molecule has 0 fully saturated rings. The zero-order valence-corrected chi connectivity index (χ0v) is 24.8. The first-order chi connectivity index (χ1) is 20.3. The highest BCUT2D eigenvalue weighted by molar-refractivity contribution is 7.07. The van der Waals surface area contributed by atoms with Crippen LogP contribution >= 0.6 is 22.9 Å². The molecule has 216 valence electrons. The first-order valence-corrected chi connectivity index (χ1v) is 14.6. The zero-order valence-electron chi connectivity index (χ0n) is 23.2. The van der Waals surface area contributed by atoms with Crippen molar-refractivity contribution in [2.45, 2.75) is 33.4 Å². The van der Waals surface area contributed by atoms with Crippen molar-refractivity contribution in [2.24, 2.45) is 4.99 Å². The molecule has 4 aromatic rings. The SMILES string of the molecule is CCOC(=O)C1=C(C)N=c2sc(=Cc3ccc(OCc4c(F)cccc4Cl)c(OCC)c3)c(=O)n2[C@H]1c1ccccc1. The molecule has 42 heavy (non-hydrogen) atoms. The number of thiazole rings is 1. The molecular weight excluding hydrogens is 579 g/mol. The molecule has 0 amide bonds. The minimum atomic E-state index is -0.677. The molecule has 0 spiro atoms. The minimum Gasteiger partial charge on any atom is -0.490 e. The average molecular weight is 607 g/mol. The van der Waals surface area contributed by atoms with Crippen molar-refractivity contribution in [2.75, 3.05) is 13.2 Å². The Labute approximate surface area is 250 Å². The standard InChI is InChI=1S/C32H28ClFN2O5S/c1-4-39-26-16-20(14-15-25(26)41-18-22-23(33)12-9-13-24(22)34)17-27-30(37)36-29(21-10-7-6-8-11-21)28(31(38)40-5-2)19(3)35-32(36)42-27/h6-17,29H,4-5,18H2,1-3H3/t29-/m0/s1. The number of halogens is 2. The number of benzene rings is 3. The largest absolute Gasteiger partial charge is 0.490 e. The highest BCUT2D eigenvalue weighted by Gasteiger charge is 2.33. The summed E-state index contributed by atoms with van der Waals surface area (Å²) in [6, 6.07) is 18.4. The second kappa shape index (κ2) is 12.8. The van der Waals surface area contributed by atoms with E-state index in [1.54, 1.807) is 48.8 Å². The van der Waals surface area contributed by atoms with Crippen LogP contribution in [0.25, 0.3) is 6.08 Å². The molecule has 2 heterocycles. The minimum absolute atomic E-state index is 0.0782. The van der Waals surface area contributed by atoms with Crippen LogP contribution in [0.3, 0.4) is 0 Å². The van der Waals surface area contributed by atoms with Gasteiger partial charge in [0, 0.05) is 5.56 Å². The van der Waals surface area contributed by atoms with Crippen LogP contribution in [-0.4, -0.2) is 23.8 Å². The van der Waals surface area contributed by atoms with Crippen LogP contribution < -0.4 is 24.4 Å². The van der Waals surface area contributed by atoms with E-state index >= 15 is 0 Å². The van der Waals surface area contributed by atoms with Crippen molar-refractivity contribution in [1.82, 2.24) is 4.57 Å². The maximum atomic E-state index is 14.2. The lowest BCUT2D eigenvalue weighted by Gasteiger charge is -2.24. The fourth-order valence-electron chi connectivity index (χ4n) is 4.72. The van der Waals surface area contributed by atoms with Gasteiger partial charge in [-0.25, -0.2) is 14.2 Å². The van der Waals surface area contributed by atoms with Crippen LogP contribution in [-0.2, 0) is 16.1 Å². The van der Waals surface area contributed by atoms with Gasteiger partial charge in [0.25, 0.3) is 5.56 Å². The van der Waals surface area contributed by atoms with E-state index in [0.29, 0.717) is 44.3 Å². The summed E-state index contributed by atoms with van der Waals surface area (Å²) in [5.74, 6) is -0.110. The Bertz CT molecular complexity index is 1830. The van der Waals surface area contributed by atoms with Gasteiger partial charge in [-0.1, -0.05) is 65.4 Å². The fourth-order valence-corrected chi connectivity index (χ4v) is 5.98. The third-order valence-electron chi connectivity index (χ3n) is 6.63. The van der Waals surface area contributed by atoms with Crippen molar-refractivity contribution >= 4 is 35.0 Å². The van der Waals surface area contributed by atoms with Gasteiger partial charge in [-0.05, 0) is 62.2 Å². The highest BCUT2D eigenvalue weighted by atomic mass is 35.5. The lowest BCUT2D eigenvalue weighted by molar-refractivity contribution is -0.139. The normalized spacial score (nSPS) is 14.8. The summed E-state index contributed by atoms with van der Waals surface area (Å²) in [5.41, 5.74) is 2.27. The summed E-state index contributed by atoms with van der Waals surface area (Å²) < 4.78 is 33.2. The molecule has 0 unspecified atom stereocenters. The first-order valence-electron chi connectivity index (χ1n) is 13.4. The van der Waals surface area contributed by atoms with E-state index < -0.39 is 17.8 Å². The molecule has 0 saturated carbocycles. The van der Waals surface area contributed by atoms with E-state index in [9.17, 15) is 14.0 Å². The molecular formula is C32H28ClFN2O5S. The Morgan fingerprint density at radius 2 is 1.83 bits per heavy atom. The van der Waals surface area contributed by atoms with E-state index in [1.165, 1.54) is 23.5 Å². The number of rotatable bonds is 9. The Kier molecular flexibility index (Phi) is 8.89. The van der Waals surface area contributed by atoms with E-state index in [-0.39, 0.29) is 29.4 Å². The number of aromatic nitrogens is 1. The molecule has 0 aliphatic carbocycles. The number of fused-ring (bicyclic) bond motifs is 1. The Balaban J connectivity index is 1.55. The van der Waals surface area contributed by atoms with Crippen LogP contribution in [0.1, 0.15) is 43.5 Å². The number of nitrogens with zero attached hydrogens (tertiary/aromatic N) is 2. The van der Waals surface area contributed by atoms with Crippen LogP contribution in [0.4, 0.5) is 4.39 Å². The van der Waals surface area contributed by atoms with Gasteiger partial charge >= 0.3 is 5.97 Å². The van der Waals surface area contributed by atoms with Gasteiger partial charge in [-0.3, -0.25) is 9.36 Å². The molecule has 1 aliphatic rings. The summed E-state index contributed by atoms with van der Waals surface area (Å²) >= 11 is 7.38. The van der Waals surface area contributed by atoms with Gasteiger partial charge in [0.05, 0.1) is 40.1 Å². The molecule has 1 aliphatic heterocycles. The highest BCUT2D eigenvalue weighted by Crippen LogP contribution is 2.32. The van der Waals surface area contributed by atoms with E-state index in [0.717, 1.165) is 5.56 Å². The monoisotopic (exact) mass is 606 g/mol. The summed E-state index contributed by atoms with van der Waals surface area (Å²) in [6.07, 6.45) is 1.75. The quantitative estimate of drug-likeness (QED) is 0.233. The molecule has 0 N–H and O–H groups in total. The van der Waals surface area contributed by atoms with E-state index in [2.05, 4.69) is 4.99 Å². The number of ether oxygens (including phenoxy) is 3. The Morgan fingerprint density at radius 1 is 1.05 bits per heavy atom. The lowest BCUT2D eigenvalue weighted by Crippen LogP contribution is -2.39. The van der Waals surface area contributed by atoms with Gasteiger partial charge < -0.3 is 14.2 Å². The van der Waals surface area contributed by atoms with Crippen molar-refractivity contribution in [3.63, 3.8) is 0 Å². The second-order valence-electron chi connectivity index (χ2n) is 9.34. The van der Waals surface area contributed by atoms with Crippen molar-refractivity contribution < 1.29 is 23.4 Å². The maximum absolute atomic E-state index is 14.2. The molecule has 0 bridgehead atoms. The molecule has 5 rings (SSSR count). The summed E-state index contributed by atoms with van der Waals surface area (Å²) in [6.45, 7) is 5.83. The average Bonchev–Trinajstić information content (AvgIpc) is 3.27. The molecule has 1 atom stereocenters. The summed E-state index contributed by atoms with van der Waals surface area (Å²) in [7, 11) is 0. The second-order valence-corrected chi connectivity index (χ2v) is 10.8. The molecule has 10 heteroatoms. The number of carbonyl (C=O) groups excluding carboxylic acids is 1. The maximum Gasteiger partial charge on any atom is 0.338 e. The van der Waals surface area contributed by atoms with Gasteiger partial charge in [0.2, 0.25) is 0 Å². The molecule has 3 aromatic carbocycles. The van der Waals surface area contributed by atoms with Gasteiger partial charge in [0.15, 0.2) is 16.3 Å². The lowest BCUT2D eigenvalue weighted by atomic mass is 9.96. The van der Waals surface area contributed by atoms with Crippen molar-refractivity contribution in [3.8, 4) is 11.5 Å². The van der Waals surface area contributed by atoms with Crippen molar-refractivity contribution in [1.29, 1.82) is 0 Å². The topological polar surface area (TPSA) is 79.1 Å². The van der Waals surface area contributed by atoms with Crippen LogP contribution in [0.2, 0.25) is 5.02 Å². The van der Waals surface area contributed by atoms with Crippen LogP contribution in [0.5, 0.6) is 11.5 Å². The summed E-state index contributed by atoms with van der Waals surface area (Å²) in [4.78, 5) is 31.9. The number of esters is 1. The molecule has 7 nitrogen and oxygen atoms in total. The van der Waals surface area contributed by atoms with Gasteiger partial charge in [0.1, 0.15) is 12.4 Å². The van der Waals surface area contributed by atoms with Crippen LogP contribution in [0, 0.1) is 5.82 Å².